The molecular formula is C18H25NO4. The van der Waals surface area contributed by atoms with E-state index in [1.165, 1.54) is 12.8 Å². The number of furan rings is 1. The Hall–Kier alpha value is -1.33. The predicted octanol–water partition coefficient (Wildman–Crippen LogP) is 2.72. The Morgan fingerprint density at radius 3 is 2.83 bits per heavy atom. The number of piperidine rings is 1. The summed E-state index contributed by atoms with van der Waals surface area (Å²) in [4.78, 5) is 14.2. The van der Waals surface area contributed by atoms with Crippen molar-refractivity contribution in [1.82, 2.24) is 4.90 Å². The van der Waals surface area contributed by atoms with Gasteiger partial charge in [-0.3, -0.25) is 4.79 Å². The molecule has 4 rings (SSSR count). The van der Waals surface area contributed by atoms with Crippen molar-refractivity contribution >= 4 is 5.91 Å². The van der Waals surface area contributed by atoms with Crippen LogP contribution in [0.1, 0.15) is 42.7 Å². The Labute approximate surface area is 136 Å². The largest absolute Gasteiger partial charge is 0.459 e. The molecule has 1 saturated carbocycles. The molecule has 1 atom stereocenters. The standard InChI is InChI=1S/C18H25NO4/c20-17(16-2-1-9-22-16)19-7-5-18(6-8-19)10-15(23-13-18)12-21-11-14-3-4-14/h1-2,9,14-15H,3-8,10-13H2. The molecule has 0 radical (unpaired) electrons. The minimum atomic E-state index is 0.00748. The average Bonchev–Trinajstić information content (AvgIpc) is 3.08. The normalized spacial score (nSPS) is 26.8. The van der Waals surface area contributed by atoms with Crippen molar-refractivity contribution in [1.29, 1.82) is 0 Å². The fourth-order valence-corrected chi connectivity index (χ4v) is 3.74. The predicted molar refractivity (Wildman–Crippen MR) is 84.2 cm³/mol. The molecule has 1 aromatic heterocycles. The van der Waals surface area contributed by atoms with Crippen LogP contribution >= 0.6 is 0 Å². The Morgan fingerprint density at radius 1 is 1.30 bits per heavy atom. The quantitative estimate of drug-likeness (QED) is 0.837. The number of carbonyl (C=O) groups is 1. The van der Waals surface area contributed by atoms with E-state index in [9.17, 15) is 4.79 Å². The minimum Gasteiger partial charge on any atom is -0.459 e. The van der Waals surface area contributed by atoms with Crippen LogP contribution < -0.4 is 0 Å². The van der Waals surface area contributed by atoms with Gasteiger partial charge >= 0.3 is 0 Å². The van der Waals surface area contributed by atoms with E-state index in [-0.39, 0.29) is 17.4 Å². The van der Waals surface area contributed by atoms with Crippen LogP contribution in [0.15, 0.2) is 22.8 Å². The summed E-state index contributed by atoms with van der Waals surface area (Å²) in [6.07, 6.45) is 7.54. The Kier molecular flexibility index (Phi) is 4.16. The van der Waals surface area contributed by atoms with E-state index in [4.69, 9.17) is 13.9 Å². The number of hydrogen-bond acceptors (Lipinski definition) is 4. The van der Waals surface area contributed by atoms with Crippen molar-refractivity contribution < 1.29 is 18.7 Å². The van der Waals surface area contributed by atoms with Crippen molar-refractivity contribution in [2.45, 2.75) is 38.2 Å². The highest BCUT2D eigenvalue weighted by atomic mass is 16.5. The fourth-order valence-electron chi connectivity index (χ4n) is 3.74. The third-order valence-electron chi connectivity index (χ3n) is 5.48. The number of rotatable bonds is 5. The summed E-state index contributed by atoms with van der Waals surface area (Å²) in [6.45, 7) is 4.02. The molecule has 0 N–H and O–H groups in total. The van der Waals surface area contributed by atoms with Crippen molar-refractivity contribution in [3.63, 3.8) is 0 Å². The summed E-state index contributed by atoms with van der Waals surface area (Å²) in [5.74, 6) is 1.25. The smallest absolute Gasteiger partial charge is 0.289 e. The monoisotopic (exact) mass is 319 g/mol. The lowest BCUT2D eigenvalue weighted by Crippen LogP contribution is -2.43. The van der Waals surface area contributed by atoms with Crippen LogP contribution in [0.25, 0.3) is 0 Å². The van der Waals surface area contributed by atoms with Gasteiger partial charge in [-0.15, -0.1) is 0 Å². The second-order valence-corrected chi connectivity index (χ2v) is 7.39. The molecule has 3 fully saturated rings. The number of hydrogen-bond donors (Lipinski definition) is 0. The molecule has 1 aromatic rings. The molecule has 5 heteroatoms. The van der Waals surface area contributed by atoms with Gasteiger partial charge in [0.25, 0.3) is 5.91 Å². The Morgan fingerprint density at radius 2 is 2.13 bits per heavy atom. The Balaban J connectivity index is 1.25. The highest BCUT2D eigenvalue weighted by Gasteiger charge is 2.43. The lowest BCUT2D eigenvalue weighted by Gasteiger charge is -2.38. The highest BCUT2D eigenvalue weighted by Crippen LogP contribution is 2.42. The summed E-state index contributed by atoms with van der Waals surface area (Å²) >= 11 is 0. The van der Waals surface area contributed by atoms with E-state index < -0.39 is 0 Å². The maximum Gasteiger partial charge on any atom is 0.289 e. The minimum absolute atomic E-state index is 0.00748. The van der Waals surface area contributed by atoms with Crippen LogP contribution in [0.2, 0.25) is 0 Å². The molecule has 1 unspecified atom stereocenters. The fraction of sp³-hybridized carbons (Fsp3) is 0.722. The van der Waals surface area contributed by atoms with Gasteiger partial charge in [0.2, 0.25) is 0 Å². The molecule has 2 aliphatic heterocycles. The van der Waals surface area contributed by atoms with Crippen molar-refractivity contribution in [3.8, 4) is 0 Å². The molecular weight excluding hydrogens is 294 g/mol. The molecule has 2 saturated heterocycles. The van der Waals surface area contributed by atoms with Crippen LogP contribution in [0.4, 0.5) is 0 Å². The molecule has 3 aliphatic rings. The van der Waals surface area contributed by atoms with Gasteiger partial charge in [0.15, 0.2) is 5.76 Å². The van der Waals surface area contributed by atoms with Gasteiger partial charge < -0.3 is 18.8 Å². The van der Waals surface area contributed by atoms with Gasteiger partial charge in [0.1, 0.15) is 0 Å². The van der Waals surface area contributed by atoms with Crippen molar-refractivity contribution in [2.24, 2.45) is 11.3 Å². The van der Waals surface area contributed by atoms with E-state index in [1.807, 2.05) is 4.90 Å². The first-order valence-electron chi connectivity index (χ1n) is 8.76. The third kappa shape index (κ3) is 3.45. The van der Waals surface area contributed by atoms with Gasteiger partial charge in [-0.05, 0) is 55.6 Å². The van der Waals surface area contributed by atoms with Gasteiger partial charge in [0, 0.05) is 19.7 Å². The van der Waals surface area contributed by atoms with E-state index >= 15 is 0 Å². The molecule has 3 heterocycles. The topological polar surface area (TPSA) is 51.9 Å². The van der Waals surface area contributed by atoms with Crippen LogP contribution in [-0.4, -0.2) is 49.8 Å². The molecule has 0 bridgehead atoms. The zero-order chi connectivity index (χ0) is 15.7. The summed E-state index contributed by atoms with van der Waals surface area (Å²) in [5.41, 5.74) is 0.244. The van der Waals surface area contributed by atoms with Crippen molar-refractivity contribution in [3.05, 3.63) is 24.2 Å². The number of carbonyl (C=O) groups excluding carboxylic acids is 1. The molecule has 5 nitrogen and oxygen atoms in total. The lowest BCUT2D eigenvalue weighted by molar-refractivity contribution is 0.00930. The first-order valence-corrected chi connectivity index (χ1v) is 8.76. The van der Waals surface area contributed by atoms with E-state index in [0.717, 1.165) is 58.1 Å². The summed E-state index contributed by atoms with van der Waals surface area (Å²) in [5, 5.41) is 0. The second kappa shape index (κ2) is 6.29. The molecule has 1 spiro atoms. The summed E-state index contributed by atoms with van der Waals surface area (Å²) in [6, 6.07) is 3.49. The van der Waals surface area contributed by atoms with E-state index in [2.05, 4.69) is 0 Å². The lowest BCUT2D eigenvalue weighted by atomic mass is 9.76. The van der Waals surface area contributed by atoms with Crippen LogP contribution in [0.5, 0.6) is 0 Å². The summed E-state index contributed by atoms with van der Waals surface area (Å²) < 4.78 is 17.0. The number of nitrogens with zero attached hydrogens (tertiary/aromatic N) is 1. The van der Waals surface area contributed by atoms with E-state index in [0.29, 0.717) is 5.76 Å². The zero-order valence-electron chi connectivity index (χ0n) is 13.5. The van der Waals surface area contributed by atoms with E-state index in [1.54, 1.807) is 18.4 Å². The van der Waals surface area contributed by atoms with Crippen LogP contribution in [-0.2, 0) is 9.47 Å². The summed E-state index contributed by atoms with van der Waals surface area (Å²) in [7, 11) is 0. The van der Waals surface area contributed by atoms with Gasteiger partial charge in [-0.25, -0.2) is 0 Å². The zero-order valence-corrected chi connectivity index (χ0v) is 13.5. The molecule has 126 valence electrons. The maximum atomic E-state index is 12.3. The third-order valence-corrected chi connectivity index (χ3v) is 5.48. The van der Waals surface area contributed by atoms with Crippen LogP contribution in [0, 0.1) is 11.3 Å². The highest BCUT2D eigenvalue weighted by molar-refractivity contribution is 5.91. The average molecular weight is 319 g/mol. The molecule has 0 aromatic carbocycles. The van der Waals surface area contributed by atoms with Gasteiger partial charge in [0.05, 0.1) is 25.6 Å². The SMILES string of the molecule is O=C(c1ccco1)N1CCC2(CC1)COC(COCC1CC1)C2. The number of amides is 1. The van der Waals surface area contributed by atoms with Gasteiger partial charge in [-0.1, -0.05) is 0 Å². The first kappa shape index (κ1) is 15.2. The first-order chi connectivity index (χ1) is 11.2. The Bertz CT molecular complexity index is 529. The van der Waals surface area contributed by atoms with Crippen LogP contribution in [0.3, 0.4) is 0 Å². The molecule has 23 heavy (non-hydrogen) atoms. The number of ether oxygens (including phenoxy) is 2. The molecule has 1 amide bonds. The number of likely N-dealkylation sites (tertiary alicyclic amines) is 1. The van der Waals surface area contributed by atoms with Crippen molar-refractivity contribution in [2.75, 3.05) is 32.9 Å². The maximum absolute atomic E-state index is 12.3. The molecule has 1 aliphatic carbocycles. The second-order valence-electron chi connectivity index (χ2n) is 7.39. The van der Waals surface area contributed by atoms with Gasteiger partial charge in [-0.2, -0.15) is 0 Å².